The first-order valence-corrected chi connectivity index (χ1v) is 6.71. The second-order valence-corrected chi connectivity index (χ2v) is 4.59. The molecule has 0 radical (unpaired) electrons. The molecule has 0 aromatic heterocycles. The lowest BCUT2D eigenvalue weighted by Gasteiger charge is -2.22. The molecule has 0 saturated carbocycles. The topological polar surface area (TPSA) is 59.6 Å². The largest absolute Gasteiger partial charge is 0.411 e. The van der Waals surface area contributed by atoms with Gasteiger partial charge in [0, 0.05) is 13.0 Å². The first kappa shape index (κ1) is 17.2. The highest BCUT2D eigenvalue weighted by molar-refractivity contribution is 5.75. The summed E-state index contributed by atoms with van der Waals surface area (Å²) in [4.78, 5) is 11.3. The van der Waals surface area contributed by atoms with Gasteiger partial charge >= 0.3 is 6.18 Å². The molecule has 8 heteroatoms. The molecular weight excluding hydrogens is 277 g/mol. The van der Waals surface area contributed by atoms with E-state index < -0.39 is 12.8 Å². The van der Waals surface area contributed by atoms with E-state index in [9.17, 15) is 18.0 Å². The maximum Gasteiger partial charge on any atom is 0.411 e. The van der Waals surface area contributed by atoms with Crippen molar-refractivity contribution >= 4 is 5.91 Å². The quantitative estimate of drug-likeness (QED) is 0.652. The zero-order valence-corrected chi connectivity index (χ0v) is 11.3. The molecule has 0 aromatic rings. The standard InChI is InChI=1S/C12H21F3N2O3/c13-12(14,15)9-19-7-3-11(18)17-6-8-20-10-1-4-16-5-2-10/h10,16H,1-9H2,(H,17,18). The van der Waals surface area contributed by atoms with Gasteiger partial charge in [-0.1, -0.05) is 0 Å². The van der Waals surface area contributed by atoms with Crippen LogP contribution in [0, 0.1) is 0 Å². The highest BCUT2D eigenvalue weighted by Gasteiger charge is 2.27. The number of rotatable bonds is 8. The Morgan fingerprint density at radius 3 is 2.60 bits per heavy atom. The van der Waals surface area contributed by atoms with E-state index in [4.69, 9.17) is 4.74 Å². The molecule has 1 fully saturated rings. The number of amides is 1. The lowest BCUT2D eigenvalue weighted by atomic mass is 10.1. The van der Waals surface area contributed by atoms with Gasteiger partial charge in [0.05, 0.1) is 19.3 Å². The van der Waals surface area contributed by atoms with Crippen LogP contribution in [0.15, 0.2) is 0 Å². The van der Waals surface area contributed by atoms with E-state index in [1.165, 1.54) is 0 Å². The van der Waals surface area contributed by atoms with Gasteiger partial charge in [0.15, 0.2) is 0 Å². The van der Waals surface area contributed by atoms with Crippen LogP contribution in [0.4, 0.5) is 13.2 Å². The number of piperidine rings is 1. The van der Waals surface area contributed by atoms with Crippen LogP contribution >= 0.6 is 0 Å². The third-order valence-electron chi connectivity index (χ3n) is 2.80. The van der Waals surface area contributed by atoms with Crippen molar-refractivity contribution in [2.24, 2.45) is 0 Å². The third-order valence-corrected chi connectivity index (χ3v) is 2.80. The molecule has 0 aliphatic carbocycles. The maximum absolute atomic E-state index is 11.8. The van der Waals surface area contributed by atoms with E-state index in [2.05, 4.69) is 15.4 Å². The fraction of sp³-hybridized carbons (Fsp3) is 0.917. The molecule has 1 aliphatic heterocycles. The number of carbonyl (C=O) groups is 1. The minimum atomic E-state index is -4.35. The van der Waals surface area contributed by atoms with E-state index >= 15 is 0 Å². The van der Waals surface area contributed by atoms with Crippen molar-refractivity contribution in [3.63, 3.8) is 0 Å². The van der Waals surface area contributed by atoms with Gasteiger partial charge in [-0.25, -0.2) is 0 Å². The summed E-state index contributed by atoms with van der Waals surface area (Å²) in [7, 11) is 0. The van der Waals surface area contributed by atoms with Crippen LogP contribution in [0.25, 0.3) is 0 Å². The number of halogens is 3. The summed E-state index contributed by atoms with van der Waals surface area (Å²) in [6.07, 6.45) is -2.29. The fourth-order valence-corrected chi connectivity index (χ4v) is 1.82. The fourth-order valence-electron chi connectivity index (χ4n) is 1.82. The van der Waals surface area contributed by atoms with E-state index in [0.29, 0.717) is 13.2 Å². The predicted molar refractivity (Wildman–Crippen MR) is 66.3 cm³/mol. The van der Waals surface area contributed by atoms with Crippen LogP contribution in [0.2, 0.25) is 0 Å². The molecule has 118 valence electrons. The molecule has 0 aromatic carbocycles. The monoisotopic (exact) mass is 298 g/mol. The van der Waals surface area contributed by atoms with Crippen molar-refractivity contribution in [2.75, 3.05) is 39.5 Å². The van der Waals surface area contributed by atoms with Gasteiger partial charge in [-0.05, 0) is 25.9 Å². The van der Waals surface area contributed by atoms with Gasteiger partial charge in [0.25, 0.3) is 0 Å². The van der Waals surface area contributed by atoms with Crippen LogP contribution in [-0.2, 0) is 14.3 Å². The minimum Gasteiger partial charge on any atom is -0.376 e. The third kappa shape index (κ3) is 9.11. The molecule has 0 atom stereocenters. The molecule has 1 heterocycles. The van der Waals surface area contributed by atoms with Gasteiger partial charge in [0.1, 0.15) is 6.61 Å². The minimum absolute atomic E-state index is 0.0799. The zero-order valence-electron chi connectivity index (χ0n) is 11.3. The number of nitrogens with one attached hydrogen (secondary N) is 2. The Hall–Kier alpha value is -0.860. The Kier molecular flexibility index (Phi) is 7.86. The van der Waals surface area contributed by atoms with E-state index in [1.807, 2.05) is 0 Å². The summed E-state index contributed by atoms with van der Waals surface area (Å²) in [6.45, 7) is 1.10. The maximum atomic E-state index is 11.8. The van der Waals surface area contributed by atoms with Crippen LogP contribution in [-0.4, -0.2) is 57.6 Å². The summed E-state index contributed by atoms with van der Waals surface area (Å²) in [6, 6.07) is 0. The molecule has 5 nitrogen and oxygen atoms in total. The zero-order chi connectivity index (χ0) is 14.8. The van der Waals surface area contributed by atoms with Crippen LogP contribution in [0.1, 0.15) is 19.3 Å². The predicted octanol–water partition coefficient (Wildman–Crippen LogP) is 0.840. The van der Waals surface area contributed by atoms with Crippen molar-refractivity contribution in [1.29, 1.82) is 0 Å². The summed E-state index contributed by atoms with van der Waals surface area (Å²) >= 11 is 0. The number of ether oxygens (including phenoxy) is 2. The molecule has 1 amide bonds. The van der Waals surface area contributed by atoms with Crippen LogP contribution in [0.5, 0.6) is 0 Å². The molecule has 0 unspecified atom stereocenters. The lowest BCUT2D eigenvalue weighted by molar-refractivity contribution is -0.174. The molecule has 0 spiro atoms. The summed E-state index contributed by atoms with van der Waals surface area (Å²) in [5, 5.41) is 5.80. The van der Waals surface area contributed by atoms with Gasteiger partial charge in [-0.15, -0.1) is 0 Å². The summed E-state index contributed by atoms with van der Waals surface area (Å²) in [5.41, 5.74) is 0. The van der Waals surface area contributed by atoms with Gasteiger partial charge in [-0.2, -0.15) is 13.2 Å². The molecule has 1 aliphatic rings. The Labute approximate surface area is 116 Å². The first-order valence-electron chi connectivity index (χ1n) is 6.71. The number of hydrogen-bond acceptors (Lipinski definition) is 4. The second-order valence-electron chi connectivity index (χ2n) is 4.59. The van der Waals surface area contributed by atoms with Gasteiger partial charge < -0.3 is 20.1 Å². The van der Waals surface area contributed by atoms with Crippen molar-refractivity contribution in [1.82, 2.24) is 10.6 Å². The van der Waals surface area contributed by atoms with Crippen molar-refractivity contribution < 1.29 is 27.4 Å². The average Bonchev–Trinajstić information content (AvgIpc) is 2.40. The highest BCUT2D eigenvalue weighted by Crippen LogP contribution is 2.14. The normalized spacial score (nSPS) is 17.1. The Bertz CT molecular complexity index is 282. The smallest absolute Gasteiger partial charge is 0.376 e. The van der Waals surface area contributed by atoms with Crippen LogP contribution < -0.4 is 10.6 Å². The molecule has 1 rings (SSSR count). The van der Waals surface area contributed by atoms with E-state index in [1.54, 1.807) is 0 Å². The molecule has 20 heavy (non-hydrogen) atoms. The number of alkyl halides is 3. The highest BCUT2D eigenvalue weighted by atomic mass is 19.4. The second kappa shape index (κ2) is 9.15. The van der Waals surface area contributed by atoms with E-state index in [0.717, 1.165) is 25.9 Å². The molecular formula is C12H21F3N2O3. The van der Waals surface area contributed by atoms with E-state index in [-0.39, 0.29) is 25.0 Å². The Morgan fingerprint density at radius 2 is 1.95 bits per heavy atom. The van der Waals surface area contributed by atoms with Crippen molar-refractivity contribution in [3.8, 4) is 0 Å². The van der Waals surface area contributed by atoms with Crippen LogP contribution in [0.3, 0.4) is 0 Å². The number of carbonyl (C=O) groups excluding carboxylic acids is 1. The summed E-state index contributed by atoms with van der Waals surface area (Å²) in [5.74, 6) is -0.332. The Balaban J connectivity index is 1.92. The van der Waals surface area contributed by atoms with Crippen molar-refractivity contribution in [2.45, 2.75) is 31.5 Å². The first-order chi connectivity index (χ1) is 9.47. The Morgan fingerprint density at radius 1 is 1.25 bits per heavy atom. The average molecular weight is 298 g/mol. The SMILES string of the molecule is O=C(CCOCC(F)(F)F)NCCOC1CCNCC1. The lowest BCUT2D eigenvalue weighted by Crippen LogP contribution is -2.35. The summed E-state index contributed by atoms with van der Waals surface area (Å²) < 4.78 is 45.2. The molecule has 0 bridgehead atoms. The molecule has 1 saturated heterocycles. The van der Waals surface area contributed by atoms with Gasteiger partial charge in [-0.3, -0.25) is 4.79 Å². The van der Waals surface area contributed by atoms with Crippen molar-refractivity contribution in [3.05, 3.63) is 0 Å². The van der Waals surface area contributed by atoms with Gasteiger partial charge in [0.2, 0.25) is 5.91 Å². The molecule has 2 N–H and O–H groups in total. The number of hydrogen-bond donors (Lipinski definition) is 2.